The molecule has 0 saturated carbocycles. The summed E-state index contributed by atoms with van der Waals surface area (Å²) in [4.78, 5) is 44.6. The summed E-state index contributed by atoms with van der Waals surface area (Å²) in [6.45, 7) is 2.42. The second kappa shape index (κ2) is 7.94. The molecule has 0 aliphatic rings. The Bertz CT molecular complexity index is 548. The van der Waals surface area contributed by atoms with Gasteiger partial charge in [0, 0.05) is 17.7 Å². The van der Waals surface area contributed by atoms with E-state index in [1.807, 2.05) is 0 Å². The first-order valence-corrected chi connectivity index (χ1v) is 6.44. The Balaban J connectivity index is 2.38. The van der Waals surface area contributed by atoms with Gasteiger partial charge in [-0.25, -0.2) is 0 Å². The van der Waals surface area contributed by atoms with E-state index in [4.69, 9.17) is 4.74 Å². The molecule has 0 unspecified atom stereocenters. The minimum Gasteiger partial charge on any atom is -0.456 e. The van der Waals surface area contributed by atoms with E-state index >= 15 is 0 Å². The number of ether oxygens (including phenoxy) is 1. The first-order chi connectivity index (χ1) is 9.88. The molecule has 0 spiro atoms. The van der Waals surface area contributed by atoms with E-state index in [-0.39, 0.29) is 24.4 Å². The molecule has 6 nitrogen and oxygen atoms in total. The van der Waals surface area contributed by atoms with Gasteiger partial charge >= 0.3 is 5.97 Å². The van der Waals surface area contributed by atoms with Crippen LogP contribution in [0, 0.1) is 0 Å². The highest BCUT2D eigenvalue weighted by Gasteiger charge is 2.09. The third-order valence-electron chi connectivity index (χ3n) is 2.62. The van der Waals surface area contributed by atoms with E-state index in [1.165, 1.54) is 13.8 Å². The van der Waals surface area contributed by atoms with E-state index < -0.39 is 18.5 Å². The van der Waals surface area contributed by atoms with Crippen molar-refractivity contribution in [1.82, 2.24) is 0 Å². The number of hydrogen-bond donors (Lipinski definition) is 1. The molecule has 0 atom stereocenters. The highest BCUT2D eigenvalue weighted by atomic mass is 16.5. The second-order valence-electron chi connectivity index (χ2n) is 4.54. The topological polar surface area (TPSA) is 89.5 Å². The first-order valence-electron chi connectivity index (χ1n) is 6.44. The number of benzene rings is 1. The number of rotatable bonds is 7. The number of anilines is 1. The Morgan fingerprint density at radius 2 is 1.62 bits per heavy atom. The summed E-state index contributed by atoms with van der Waals surface area (Å²) in [6, 6.07) is 6.37. The molecule has 0 saturated heterocycles. The van der Waals surface area contributed by atoms with Crippen LogP contribution in [0.5, 0.6) is 0 Å². The van der Waals surface area contributed by atoms with Crippen molar-refractivity contribution in [2.24, 2.45) is 0 Å². The van der Waals surface area contributed by atoms with Crippen LogP contribution in [0.25, 0.3) is 0 Å². The van der Waals surface area contributed by atoms with Gasteiger partial charge in [-0.1, -0.05) is 0 Å². The summed E-state index contributed by atoms with van der Waals surface area (Å²) in [5, 5.41) is 2.53. The summed E-state index contributed by atoms with van der Waals surface area (Å²) in [6.07, 6.45) is 0.0723. The van der Waals surface area contributed by atoms with Gasteiger partial charge in [0.05, 0.1) is 6.42 Å². The molecule has 1 aromatic carbocycles. The number of hydrogen-bond acceptors (Lipinski definition) is 5. The van der Waals surface area contributed by atoms with Gasteiger partial charge in [0.1, 0.15) is 5.78 Å². The third kappa shape index (κ3) is 6.47. The molecular weight excluding hydrogens is 274 g/mol. The number of nitrogens with one attached hydrogen (secondary N) is 1. The second-order valence-corrected chi connectivity index (χ2v) is 4.54. The molecule has 1 N–H and O–H groups in total. The van der Waals surface area contributed by atoms with Crippen molar-refractivity contribution in [2.75, 3.05) is 11.9 Å². The largest absolute Gasteiger partial charge is 0.456 e. The highest BCUT2D eigenvalue weighted by molar-refractivity contribution is 5.96. The maximum atomic E-state index is 11.6. The number of Topliss-reactive ketones (excluding diaryl/α,β-unsaturated/α-hetero) is 2. The standard InChI is InChI=1S/C15H17NO5/c1-10(17)3-8-15(20)21-9-14(19)16-13-6-4-12(5-7-13)11(2)18/h4-7H,3,8-9H2,1-2H3,(H,16,19). The average molecular weight is 291 g/mol. The molecule has 0 bridgehead atoms. The summed E-state index contributed by atoms with van der Waals surface area (Å²) in [5.41, 5.74) is 1.05. The Hall–Kier alpha value is -2.50. The molecule has 112 valence electrons. The maximum absolute atomic E-state index is 11.6. The van der Waals surface area contributed by atoms with Gasteiger partial charge in [0.15, 0.2) is 12.4 Å². The molecule has 0 aliphatic heterocycles. The Morgan fingerprint density at radius 1 is 1.00 bits per heavy atom. The molecule has 0 fully saturated rings. The van der Waals surface area contributed by atoms with Crippen molar-refractivity contribution in [1.29, 1.82) is 0 Å². The fraction of sp³-hybridized carbons (Fsp3) is 0.333. The number of carbonyl (C=O) groups excluding carboxylic acids is 4. The molecule has 0 heterocycles. The summed E-state index contributed by atoms with van der Waals surface area (Å²) >= 11 is 0. The van der Waals surface area contributed by atoms with Crippen molar-refractivity contribution in [3.05, 3.63) is 29.8 Å². The van der Waals surface area contributed by atoms with Gasteiger partial charge in [-0.05, 0) is 38.1 Å². The number of amides is 1. The van der Waals surface area contributed by atoms with Crippen LogP contribution < -0.4 is 5.32 Å². The summed E-state index contributed by atoms with van der Waals surface area (Å²) in [5.74, 6) is -1.25. The van der Waals surface area contributed by atoms with Crippen LogP contribution in [0.4, 0.5) is 5.69 Å². The fourth-order valence-electron chi connectivity index (χ4n) is 1.48. The van der Waals surface area contributed by atoms with E-state index in [0.717, 1.165) is 0 Å². The zero-order valence-corrected chi connectivity index (χ0v) is 12.0. The SMILES string of the molecule is CC(=O)CCC(=O)OCC(=O)Nc1ccc(C(C)=O)cc1. The molecule has 0 aliphatic carbocycles. The normalized spacial score (nSPS) is 9.81. The van der Waals surface area contributed by atoms with Gasteiger partial charge in [-0.3, -0.25) is 14.4 Å². The van der Waals surface area contributed by atoms with Crippen molar-refractivity contribution < 1.29 is 23.9 Å². The summed E-state index contributed by atoms with van der Waals surface area (Å²) in [7, 11) is 0. The van der Waals surface area contributed by atoms with E-state index in [0.29, 0.717) is 11.3 Å². The van der Waals surface area contributed by atoms with E-state index in [2.05, 4.69) is 5.32 Å². The smallest absolute Gasteiger partial charge is 0.306 e. The average Bonchev–Trinajstić information content (AvgIpc) is 2.43. The lowest BCUT2D eigenvalue weighted by Crippen LogP contribution is -2.21. The minimum absolute atomic E-state index is 0.0318. The molecule has 0 aromatic heterocycles. The monoisotopic (exact) mass is 291 g/mol. The number of ketones is 2. The molecule has 1 rings (SSSR count). The van der Waals surface area contributed by atoms with Gasteiger partial charge in [-0.15, -0.1) is 0 Å². The van der Waals surface area contributed by atoms with Gasteiger partial charge < -0.3 is 14.8 Å². The zero-order valence-electron chi connectivity index (χ0n) is 12.0. The molecule has 1 aromatic rings. The Morgan fingerprint density at radius 3 is 2.14 bits per heavy atom. The number of carbonyl (C=O) groups is 4. The molecule has 6 heteroatoms. The van der Waals surface area contributed by atoms with Crippen LogP contribution in [-0.2, 0) is 19.1 Å². The molecule has 1 amide bonds. The Labute approximate surface area is 122 Å². The van der Waals surface area contributed by atoms with Crippen molar-refractivity contribution in [3.63, 3.8) is 0 Å². The minimum atomic E-state index is -0.590. The van der Waals surface area contributed by atoms with E-state index in [9.17, 15) is 19.2 Å². The van der Waals surface area contributed by atoms with Crippen molar-refractivity contribution in [2.45, 2.75) is 26.7 Å². The van der Waals surface area contributed by atoms with Crippen LogP contribution in [0.3, 0.4) is 0 Å². The van der Waals surface area contributed by atoms with Gasteiger partial charge in [0.25, 0.3) is 5.91 Å². The molecule has 21 heavy (non-hydrogen) atoms. The van der Waals surface area contributed by atoms with Gasteiger partial charge in [0.2, 0.25) is 0 Å². The molecule has 0 radical (unpaired) electrons. The van der Waals surface area contributed by atoms with E-state index in [1.54, 1.807) is 24.3 Å². The van der Waals surface area contributed by atoms with Crippen LogP contribution in [0.2, 0.25) is 0 Å². The quantitative estimate of drug-likeness (QED) is 0.610. The highest BCUT2D eigenvalue weighted by Crippen LogP contribution is 2.10. The van der Waals surface area contributed by atoms with Crippen LogP contribution >= 0.6 is 0 Å². The molecular formula is C15H17NO5. The lowest BCUT2D eigenvalue weighted by molar-refractivity contribution is -0.148. The lowest BCUT2D eigenvalue weighted by atomic mass is 10.1. The third-order valence-corrected chi connectivity index (χ3v) is 2.62. The predicted molar refractivity (Wildman–Crippen MR) is 76.0 cm³/mol. The predicted octanol–water partition coefficient (Wildman–Crippen LogP) is 1.74. The van der Waals surface area contributed by atoms with Crippen LogP contribution in [-0.4, -0.2) is 30.0 Å². The van der Waals surface area contributed by atoms with Crippen molar-refractivity contribution in [3.8, 4) is 0 Å². The summed E-state index contributed by atoms with van der Waals surface area (Å²) < 4.78 is 4.73. The van der Waals surface area contributed by atoms with Crippen molar-refractivity contribution >= 4 is 29.1 Å². The van der Waals surface area contributed by atoms with Crippen LogP contribution in [0.15, 0.2) is 24.3 Å². The maximum Gasteiger partial charge on any atom is 0.306 e. The van der Waals surface area contributed by atoms with Gasteiger partial charge in [-0.2, -0.15) is 0 Å². The Kier molecular flexibility index (Phi) is 6.26. The first kappa shape index (κ1) is 16.6. The fourth-order valence-corrected chi connectivity index (χ4v) is 1.48. The van der Waals surface area contributed by atoms with Crippen LogP contribution in [0.1, 0.15) is 37.0 Å². The number of esters is 1. The lowest BCUT2D eigenvalue weighted by Gasteiger charge is -2.06. The zero-order chi connectivity index (χ0) is 15.8.